The van der Waals surface area contributed by atoms with E-state index >= 15 is 0 Å². The lowest BCUT2D eigenvalue weighted by Gasteiger charge is -2.15. The van der Waals surface area contributed by atoms with Crippen molar-refractivity contribution in [2.24, 2.45) is 11.8 Å². The van der Waals surface area contributed by atoms with E-state index in [1.165, 1.54) is 23.8 Å². The van der Waals surface area contributed by atoms with Gasteiger partial charge in [-0.3, -0.25) is 19.3 Å². The largest absolute Gasteiger partial charge is 0.497 e. The second kappa shape index (κ2) is 9.48. The lowest BCUT2D eigenvalue weighted by atomic mass is 9.85. The molecule has 0 aromatic heterocycles. The van der Waals surface area contributed by atoms with Gasteiger partial charge in [0.25, 0.3) is 0 Å². The van der Waals surface area contributed by atoms with Crippen LogP contribution >= 0.6 is 11.8 Å². The second-order valence-corrected chi connectivity index (χ2v) is 8.61. The van der Waals surface area contributed by atoms with Crippen molar-refractivity contribution in [3.63, 3.8) is 0 Å². The summed E-state index contributed by atoms with van der Waals surface area (Å²) in [4.78, 5) is 40.0. The van der Waals surface area contributed by atoms with E-state index in [1.54, 1.807) is 37.4 Å². The zero-order valence-corrected chi connectivity index (χ0v) is 18.7. The van der Waals surface area contributed by atoms with E-state index in [0.29, 0.717) is 35.7 Å². The number of fused-ring (bicyclic) bond motifs is 1. The smallest absolute Gasteiger partial charge is 0.238 e. The average molecular weight is 453 g/mol. The van der Waals surface area contributed by atoms with Crippen molar-refractivity contribution in [3.05, 3.63) is 54.6 Å². The fourth-order valence-electron chi connectivity index (χ4n) is 3.98. The number of allylic oxidation sites excluding steroid dienone is 2. The molecule has 32 heavy (non-hydrogen) atoms. The minimum Gasteiger partial charge on any atom is -0.497 e. The van der Waals surface area contributed by atoms with Crippen molar-refractivity contribution in [1.82, 2.24) is 0 Å². The van der Waals surface area contributed by atoms with Crippen LogP contribution in [0.1, 0.15) is 12.8 Å². The summed E-state index contributed by atoms with van der Waals surface area (Å²) in [5.74, 6) is 0.424. The lowest BCUT2D eigenvalue weighted by Crippen LogP contribution is -2.30. The van der Waals surface area contributed by atoms with E-state index in [0.717, 1.165) is 4.90 Å². The fourth-order valence-corrected chi connectivity index (χ4v) is 4.68. The van der Waals surface area contributed by atoms with Crippen LogP contribution in [0.3, 0.4) is 0 Å². The van der Waals surface area contributed by atoms with Gasteiger partial charge in [0.1, 0.15) is 11.5 Å². The van der Waals surface area contributed by atoms with Gasteiger partial charge in [-0.25, -0.2) is 0 Å². The molecule has 0 radical (unpaired) electrons. The molecule has 1 fully saturated rings. The van der Waals surface area contributed by atoms with Crippen LogP contribution in [0.2, 0.25) is 0 Å². The van der Waals surface area contributed by atoms with Gasteiger partial charge in [-0.2, -0.15) is 0 Å². The molecule has 1 aliphatic heterocycles. The Kier molecular flexibility index (Phi) is 6.50. The van der Waals surface area contributed by atoms with Crippen LogP contribution in [-0.2, 0) is 14.4 Å². The standard InChI is InChI=1S/C24H24N2O5S/c1-30-16-9-12-20(21(13-16)31-2)25-22(27)14-32-17-10-7-15(8-11-17)26-23(28)18-5-3-4-6-19(18)24(26)29/h3-4,7-13,18-19H,5-6,14H2,1-2H3,(H,25,27)/t18-,19+. The topological polar surface area (TPSA) is 84.9 Å². The maximum absolute atomic E-state index is 12.7. The number of thioether (sulfide) groups is 1. The van der Waals surface area contributed by atoms with Gasteiger partial charge in [0, 0.05) is 11.0 Å². The molecule has 0 spiro atoms. The predicted molar refractivity (Wildman–Crippen MR) is 123 cm³/mol. The number of benzene rings is 2. The van der Waals surface area contributed by atoms with Crippen LogP contribution < -0.4 is 19.7 Å². The molecule has 7 nitrogen and oxygen atoms in total. The van der Waals surface area contributed by atoms with Gasteiger partial charge in [-0.1, -0.05) is 12.2 Å². The molecule has 0 unspecified atom stereocenters. The maximum Gasteiger partial charge on any atom is 0.238 e. The zero-order chi connectivity index (χ0) is 22.7. The number of ether oxygens (including phenoxy) is 2. The number of methoxy groups -OCH3 is 2. The molecule has 3 amide bonds. The molecule has 8 heteroatoms. The van der Waals surface area contributed by atoms with Crippen LogP contribution in [0.25, 0.3) is 0 Å². The van der Waals surface area contributed by atoms with E-state index in [-0.39, 0.29) is 35.3 Å². The van der Waals surface area contributed by atoms with Gasteiger partial charge in [0.2, 0.25) is 17.7 Å². The Morgan fingerprint density at radius 1 is 1.00 bits per heavy atom. The number of amides is 3. The minimum absolute atomic E-state index is 0.127. The molecule has 2 atom stereocenters. The molecule has 1 N–H and O–H groups in total. The van der Waals surface area contributed by atoms with Crippen LogP contribution in [0, 0.1) is 11.8 Å². The molecular formula is C24H24N2O5S. The molecule has 1 heterocycles. The SMILES string of the molecule is COc1ccc(NC(=O)CSc2ccc(N3C(=O)[C@H]4CC=CC[C@H]4C3=O)cc2)c(OC)c1. The van der Waals surface area contributed by atoms with E-state index < -0.39 is 0 Å². The fraction of sp³-hybridized carbons (Fsp3) is 0.292. The Hall–Kier alpha value is -3.26. The van der Waals surface area contributed by atoms with Crippen LogP contribution in [0.4, 0.5) is 11.4 Å². The number of rotatable bonds is 7. The molecule has 4 rings (SSSR count). The highest BCUT2D eigenvalue weighted by atomic mass is 32.2. The second-order valence-electron chi connectivity index (χ2n) is 7.56. The average Bonchev–Trinajstić information content (AvgIpc) is 3.08. The third-order valence-corrected chi connectivity index (χ3v) is 6.67. The number of anilines is 2. The number of hydrogen-bond donors (Lipinski definition) is 1. The number of carbonyl (C=O) groups excluding carboxylic acids is 3. The summed E-state index contributed by atoms with van der Waals surface area (Å²) in [5, 5.41) is 2.84. The van der Waals surface area contributed by atoms with Gasteiger partial charge in [0.05, 0.1) is 43.2 Å². The molecule has 2 aromatic rings. The Bertz CT molecular complexity index is 1040. The highest BCUT2D eigenvalue weighted by Gasteiger charge is 2.47. The Labute approximate surface area is 190 Å². The monoisotopic (exact) mass is 452 g/mol. The zero-order valence-electron chi connectivity index (χ0n) is 17.9. The van der Waals surface area contributed by atoms with Crippen molar-refractivity contribution >= 4 is 40.9 Å². The summed E-state index contributed by atoms with van der Waals surface area (Å²) in [6.07, 6.45) is 5.19. The summed E-state index contributed by atoms with van der Waals surface area (Å²) >= 11 is 1.37. The first-order valence-corrected chi connectivity index (χ1v) is 11.3. The van der Waals surface area contributed by atoms with Crippen molar-refractivity contribution in [2.45, 2.75) is 17.7 Å². The molecule has 2 aliphatic rings. The number of nitrogens with zero attached hydrogens (tertiary/aromatic N) is 1. The Morgan fingerprint density at radius 2 is 1.66 bits per heavy atom. The van der Waals surface area contributed by atoms with Gasteiger partial charge < -0.3 is 14.8 Å². The predicted octanol–water partition coefficient (Wildman–Crippen LogP) is 3.89. The van der Waals surface area contributed by atoms with Crippen molar-refractivity contribution in [2.75, 3.05) is 30.2 Å². The Balaban J connectivity index is 1.36. The number of imide groups is 1. The summed E-state index contributed by atoms with van der Waals surface area (Å²) in [6.45, 7) is 0. The molecule has 0 saturated carbocycles. The number of carbonyl (C=O) groups is 3. The summed E-state index contributed by atoms with van der Waals surface area (Å²) in [7, 11) is 3.09. The van der Waals surface area contributed by atoms with Crippen molar-refractivity contribution < 1.29 is 23.9 Å². The molecule has 0 bridgehead atoms. The van der Waals surface area contributed by atoms with Crippen LogP contribution in [-0.4, -0.2) is 37.7 Å². The first kappa shape index (κ1) is 22.0. The number of hydrogen-bond acceptors (Lipinski definition) is 6. The van der Waals surface area contributed by atoms with Crippen LogP contribution in [0.15, 0.2) is 59.5 Å². The summed E-state index contributed by atoms with van der Waals surface area (Å²) in [5.41, 5.74) is 1.14. The molecule has 1 aliphatic carbocycles. The summed E-state index contributed by atoms with van der Waals surface area (Å²) < 4.78 is 10.5. The third kappa shape index (κ3) is 4.36. The van der Waals surface area contributed by atoms with Gasteiger partial charge in [-0.15, -0.1) is 11.8 Å². The first-order chi connectivity index (χ1) is 15.5. The number of nitrogens with one attached hydrogen (secondary N) is 1. The quantitative estimate of drug-likeness (QED) is 0.390. The molecule has 166 valence electrons. The van der Waals surface area contributed by atoms with E-state index in [4.69, 9.17) is 9.47 Å². The Morgan fingerprint density at radius 3 is 2.25 bits per heavy atom. The van der Waals surface area contributed by atoms with Crippen molar-refractivity contribution in [3.8, 4) is 11.5 Å². The van der Waals surface area contributed by atoms with E-state index in [2.05, 4.69) is 5.32 Å². The van der Waals surface area contributed by atoms with Gasteiger partial charge >= 0.3 is 0 Å². The van der Waals surface area contributed by atoms with Gasteiger partial charge in [-0.05, 0) is 49.2 Å². The van der Waals surface area contributed by atoms with Gasteiger partial charge in [0.15, 0.2) is 0 Å². The highest BCUT2D eigenvalue weighted by Crippen LogP contribution is 2.38. The minimum atomic E-state index is -0.250. The highest BCUT2D eigenvalue weighted by molar-refractivity contribution is 8.00. The molecule has 2 aromatic carbocycles. The molecule has 1 saturated heterocycles. The first-order valence-electron chi connectivity index (χ1n) is 10.3. The van der Waals surface area contributed by atoms with Crippen LogP contribution in [0.5, 0.6) is 11.5 Å². The maximum atomic E-state index is 12.7. The third-order valence-electron chi connectivity index (χ3n) is 5.66. The van der Waals surface area contributed by atoms with Crippen molar-refractivity contribution in [1.29, 1.82) is 0 Å². The molecular weight excluding hydrogens is 428 g/mol. The van der Waals surface area contributed by atoms with E-state index in [9.17, 15) is 14.4 Å². The normalized spacial score (nSPS) is 19.6. The summed E-state index contributed by atoms with van der Waals surface area (Å²) in [6, 6.07) is 12.3. The lowest BCUT2D eigenvalue weighted by molar-refractivity contribution is -0.122. The van der Waals surface area contributed by atoms with E-state index in [1.807, 2.05) is 24.3 Å².